The lowest BCUT2D eigenvalue weighted by Crippen LogP contribution is -2.55. The molecule has 1 saturated heterocycles. The van der Waals surface area contributed by atoms with Gasteiger partial charge in [-0.1, -0.05) is 13.8 Å². The van der Waals surface area contributed by atoms with Crippen LogP contribution in [0.5, 0.6) is 0 Å². The molecule has 17 heavy (non-hydrogen) atoms. The van der Waals surface area contributed by atoms with Gasteiger partial charge in [0, 0.05) is 6.04 Å². The number of rotatable bonds is 2. The van der Waals surface area contributed by atoms with Gasteiger partial charge in [0.25, 0.3) is 0 Å². The summed E-state index contributed by atoms with van der Waals surface area (Å²) >= 11 is 0. The molecule has 1 aliphatic carbocycles. The number of amides is 1. The van der Waals surface area contributed by atoms with E-state index in [0.29, 0.717) is 12.0 Å². The average molecular weight is 238 g/mol. The van der Waals surface area contributed by atoms with Gasteiger partial charge in [-0.25, -0.2) is 0 Å². The highest BCUT2D eigenvalue weighted by Gasteiger charge is 2.38. The van der Waals surface area contributed by atoms with E-state index in [2.05, 4.69) is 24.5 Å². The van der Waals surface area contributed by atoms with E-state index >= 15 is 0 Å². The molecule has 0 aromatic rings. The topological polar surface area (TPSA) is 41.1 Å². The standard InChI is InChI=1S/C14H26N2O/c1-10-5-6-12(11(2)9-10)16-13(17)14(3)7-4-8-15-14/h10-12,15H,4-9H2,1-3H3,(H,16,17). The molecule has 4 unspecified atom stereocenters. The second-order valence-electron chi connectivity index (χ2n) is 6.34. The van der Waals surface area contributed by atoms with Gasteiger partial charge in [0.2, 0.25) is 5.91 Å². The Morgan fingerprint density at radius 3 is 2.71 bits per heavy atom. The second-order valence-corrected chi connectivity index (χ2v) is 6.34. The van der Waals surface area contributed by atoms with Crippen molar-refractivity contribution in [2.24, 2.45) is 11.8 Å². The predicted octanol–water partition coefficient (Wildman–Crippen LogP) is 2.07. The first kappa shape index (κ1) is 12.9. The van der Waals surface area contributed by atoms with Gasteiger partial charge in [-0.3, -0.25) is 4.79 Å². The van der Waals surface area contributed by atoms with Crippen molar-refractivity contribution in [3.8, 4) is 0 Å². The van der Waals surface area contributed by atoms with Gasteiger partial charge in [-0.05, 0) is 57.4 Å². The van der Waals surface area contributed by atoms with Crippen LogP contribution >= 0.6 is 0 Å². The zero-order valence-corrected chi connectivity index (χ0v) is 11.4. The third-order valence-electron chi connectivity index (χ3n) is 4.62. The second kappa shape index (κ2) is 4.97. The van der Waals surface area contributed by atoms with Gasteiger partial charge in [0.15, 0.2) is 0 Å². The Balaban J connectivity index is 1.90. The van der Waals surface area contributed by atoms with Crippen molar-refractivity contribution >= 4 is 5.91 Å². The number of hydrogen-bond acceptors (Lipinski definition) is 2. The minimum Gasteiger partial charge on any atom is -0.352 e. The smallest absolute Gasteiger partial charge is 0.240 e. The van der Waals surface area contributed by atoms with Crippen LogP contribution in [0.25, 0.3) is 0 Å². The molecule has 3 heteroatoms. The minimum atomic E-state index is -0.317. The van der Waals surface area contributed by atoms with Crippen molar-refractivity contribution < 1.29 is 4.79 Å². The van der Waals surface area contributed by atoms with Crippen molar-refractivity contribution in [3.05, 3.63) is 0 Å². The van der Waals surface area contributed by atoms with Crippen molar-refractivity contribution in [3.63, 3.8) is 0 Å². The van der Waals surface area contributed by atoms with Gasteiger partial charge in [-0.2, -0.15) is 0 Å². The molecular formula is C14H26N2O. The molecule has 1 heterocycles. The summed E-state index contributed by atoms with van der Waals surface area (Å²) < 4.78 is 0. The number of carbonyl (C=O) groups is 1. The van der Waals surface area contributed by atoms with E-state index in [1.807, 2.05) is 6.92 Å². The van der Waals surface area contributed by atoms with Crippen molar-refractivity contribution in [2.75, 3.05) is 6.54 Å². The minimum absolute atomic E-state index is 0.210. The van der Waals surface area contributed by atoms with Gasteiger partial charge >= 0.3 is 0 Å². The Morgan fingerprint density at radius 2 is 2.12 bits per heavy atom. The van der Waals surface area contributed by atoms with Gasteiger partial charge < -0.3 is 10.6 Å². The van der Waals surface area contributed by atoms with Crippen LogP contribution in [0.2, 0.25) is 0 Å². The zero-order chi connectivity index (χ0) is 12.5. The number of carbonyl (C=O) groups excluding carboxylic acids is 1. The van der Waals surface area contributed by atoms with E-state index in [1.165, 1.54) is 12.8 Å². The summed E-state index contributed by atoms with van der Waals surface area (Å²) in [5.41, 5.74) is -0.317. The summed E-state index contributed by atoms with van der Waals surface area (Å²) in [4.78, 5) is 12.3. The van der Waals surface area contributed by atoms with Gasteiger partial charge in [0.05, 0.1) is 5.54 Å². The Hall–Kier alpha value is -0.570. The molecule has 4 atom stereocenters. The zero-order valence-electron chi connectivity index (χ0n) is 11.4. The molecule has 2 fully saturated rings. The maximum absolute atomic E-state index is 12.3. The monoisotopic (exact) mass is 238 g/mol. The van der Waals surface area contributed by atoms with Crippen molar-refractivity contribution in [1.82, 2.24) is 10.6 Å². The summed E-state index contributed by atoms with van der Waals surface area (Å²) in [6.45, 7) is 7.59. The van der Waals surface area contributed by atoms with Crippen LogP contribution in [0, 0.1) is 11.8 Å². The Bertz CT molecular complexity index is 284. The van der Waals surface area contributed by atoms with E-state index < -0.39 is 0 Å². The molecule has 2 aliphatic rings. The van der Waals surface area contributed by atoms with E-state index in [9.17, 15) is 4.79 Å². The van der Waals surface area contributed by atoms with Crippen LogP contribution in [0.15, 0.2) is 0 Å². The van der Waals surface area contributed by atoms with E-state index in [-0.39, 0.29) is 11.4 Å². The predicted molar refractivity (Wildman–Crippen MR) is 69.8 cm³/mol. The molecule has 2 rings (SSSR count). The summed E-state index contributed by atoms with van der Waals surface area (Å²) in [6, 6.07) is 0.387. The van der Waals surface area contributed by atoms with Crippen LogP contribution in [0.1, 0.15) is 52.9 Å². The molecule has 0 aromatic heterocycles. The lowest BCUT2D eigenvalue weighted by molar-refractivity contribution is -0.127. The summed E-state index contributed by atoms with van der Waals surface area (Å²) in [7, 11) is 0. The molecule has 0 radical (unpaired) electrons. The first-order valence-corrected chi connectivity index (χ1v) is 7.07. The molecule has 2 N–H and O–H groups in total. The molecule has 98 valence electrons. The quantitative estimate of drug-likeness (QED) is 0.773. The highest BCUT2D eigenvalue weighted by molar-refractivity contribution is 5.86. The van der Waals surface area contributed by atoms with Crippen LogP contribution in [-0.4, -0.2) is 24.0 Å². The van der Waals surface area contributed by atoms with E-state index in [0.717, 1.165) is 31.7 Å². The molecule has 1 saturated carbocycles. The maximum Gasteiger partial charge on any atom is 0.240 e. The Labute approximate surface area is 105 Å². The van der Waals surface area contributed by atoms with Crippen LogP contribution in [-0.2, 0) is 4.79 Å². The summed E-state index contributed by atoms with van der Waals surface area (Å²) in [5.74, 6) is 1.65. The highest BCUT2D eigenvalue weighted by Crippen LogP contribution is 2.29. The van der Waals surface area contributed by atoms with Crippen molar-refractivity contribution in [2.45, 2.75) is 64.5 Å². The third kappa shape index (κ3) is 2.82. The Kier molecular flexibility index (Phi) is 3.76. The molecule has 1 amide bonds. The average Bonchev–Trinajstić information content (AvgIpc) is 2.71. The van der Waals surface area contributed by atoms with Gasteiger partial charge in [0.1, 0.15) is 0 Å². The fraction of sp³-hybridized carbons (Fsp3) is 0.929. The lowest BCUT2D eigenvalue weighted by atomic mass is 9.79. The number of hydrogen-bond donors (Lipinski definition) is 2. The molecule has 0 aromatic carbocycles. The van der Waals surface area contributed by atoms with Crippen LogP contribution < -0.4 is 10.6 Å². The molecule has 3 nitrogen and oxygen atoms in total. The largest absolute Gasteiger partial charge is 0.352 e. The fourth-order valence-corrected chi connectivity index (χ4v) is 3.30. The first-order valence-electron chi connectivity index (χ1n) is 7.07. The molecule has 1 aliphatic heterocycles. The summed E-state index contributed by atoms with van der Waals surface area (Å²) in [5, 5.41) is 6.60. The van der Waals surface area contributed by atoms with Gasteiger partial charge in [-0.15, -0.1) is 0 Å². The maximum atomic E-state index is 12.3. The number of nitrogens with one attached hydrogen (secondary N) is 2. The Morgan fingerprint density at radius 1 is 1.35 bits per heavy atom. The summed E-state index contributed by atoms with van der Waals surface area (Å²) in [6.07, 6.45) is 5.72. The highest BCUT2D eigenvalue weighted by atomic mass is 16.2. The van der Waals surface area contributed by atoms with E-state index in [4.69, 9.17) is 0 Å². The van der Waals surface area contributed by atoms with Crippen LogP contribution in [0.4, 0.5) is 0 Å². The molecule has 0 bridgehead atoms. The molecule has 0 spiro atoms. The first-order chi connectivity index (χ1) is 8.01. The normalized spacial score (nSPS) is 42.4. The van der Waals surface area contributed by atoms with Crippen molar-refractivity contribution in [1.29, 1.82) is 0 Å². The van der Waals surface area contributed by atoms with Crippen LogP contribution in [0.3, 0.4) is 0 Å². The van der Waals surface area contributed by atoms with E-state index in [1.54, 1.807) is 0 Å². The fourth-order valence-electron chi connectivity index (χ4n) is 3.30. The lowest BCUT2D eigenvalue weighted by Gasteiger charge is -2.35. The molecular weight excluding hydrogens is 212 g/mol. The third-order valence-corrected chi connectivity index (χ3v) is 4.62. The SMILES string of the molecule is CC1CCC(NC(=O)C2(C)CCCN2)C(C)C1.